The van der Waals surface area contributed by atoms with Gasteiger partial charge < -0.3 is 10.4 Å². The SMILES string of the molecule is Cc1ccc(C(=O)NCc2ccc(C#CCO)s2)cc1C. The van der Waals surface area contributed by atoms with E-state index < -0.39 is 0 Å². The highest BCUT2D eigenvalue weighted by Gasteiger charge is 2.07. The molecular weight excluding hydrogens is 282 g/mol. The van der Waals surface area contributed by atoms with Crippen LogP contribution in [0.25, 0.3) is 0 Å². The highest BCUT2D eigenvalue weighted by Crippen LogP contribution is 2.15. The summed E-state index contributed by atoms with van der Waals surface area (Å²) in [5.41, 5.74) is 2.96. The molecule has 3 nitrogen and oxygen atoms in total. The van der Waals surface area contributed by atoms with Gasteiger partial charge in [0.2, 0.25) is 0 Å². The van der Waals surface area contributed by atoms with Crippen LogP contribution < -0.4 is 5.32 Å². The molecule has 2 rings (SSSR count). The summed E-state index contributed by atoms with van der Waals surface area (Å²) in [5.74, 6) is 5.39. The zero-order valence-corrected chi connectivity index (χ0v) is 12.9. The molecule has 1 aromatic carbocycles. The summed E-state index contributed by atoms with van der Waals surface area (Å²) in [5, 5.41) is 11.6. The molecule has 0 unspecified atom stereocenters. The number of rotatable bonds is 3. The van der Waals surface area contributed by atoms with Crippen LogP contribution in [0.1, 0.15) is 31.2 Å². The van der Waals surface area contributed by atoms with Crippen LogP contribution in [0.15, 0.2) is 30.3 Å². The van der Waals surface area contributed by atoms with Gasteiger partial charge in [0.15, 0.2) is 0 Å². The predicted octanol–water partition coefficient (Wildman–Crippen LogP) is 2.64. The third-order valence-electron chi connectivity index (χ3n) is 3.14. The van der Waals surface area contributed by atoms with Gasteiger partial charge in [-0.2, -0.15) is 0 Å². The minimum atomic E-state index is -0.142. The summed E-state index contributed by atoms with van der Waals surface area (Å²) in [6.07, 6.45) is 0. The molecule has 0 saturated heterocycles. The van der Waals surface area contributed by atoms with E-state index in [-0.39, 0.29) is 12.5 Å². The number of benzene rings is 1. The van der Waals surface area contributed by atoms with Crippen molar-refractivity contribution in [1.29, 1.82) is 0 Å². The Labute approximate surface area is 128 Å². The summed E-state index contributed by atoms with van der Waals surface area (Å²) in [6.45, 7) is 4.36. The highest BCUT2D eigenvalue weighted by atomic mass is 32.1. The molecule has 2 N–H and O–H groups in total. The number of nitrogens with one attached hydrogen (secondary N) is 1. The number of carbonyl (C=O) groups is 1. The van der Waals surface area contributed by atoms with Crippen molar-refractivity contribution in [2.75, 3.05) is 6.61 Å². The first-order valence-electron chi connectivity index (χ1n) is 6.64. The molecule has 4 heteroatoms. The van der Waals surface area contributed by atoms with E-state index in [9.17, 15) is 4.79 Å². The van der Waals surface area contributed by atoms with Crippen molar-refractivity contribution in [1.82, 2.24) is 5.32 Å². The summed E-state index contributed by atoms with van der Waals surface area (Å²) in [6, 6.07) is 9.52. The number of aliphatic hydroxyl groups excluding tert-OH is 1. The van der Waals surface area contributed by atoms with Crippen molar-refractivity contribution in [3.05, 3.63) is 56.8 Å². The van der Waals surface area contributed by atoms with Crippen molar-refractivity contribution in [3.8, 4) is 11.8 Å². The Morgan fingerprint density at radius 3 is 2.76 bits per heavy atom. The first kappa shape index (κ1) is 15.3. The maximum Gasteiger partial charge on any atom is 0.251 e. The van der Waals surface area contributed by atoms with Gasteiger partial charge in [0.1, 0.15) is 6.61 Å². The lowest BCUT2D eigenvalue weighted by Gasteiger charge is -2.06. The van der Waals surface area contributed by atoms with E-state index in [1.807, 2.05) is 44.2 Å². The Balaban J connectivity index is 1.97. The van der Waals surface area contributed by atoms with Crippen molar-refractivity contribution in [2.45, 2.75) is 20.4 Å². The second-order valence-electron chi connectivity index (χ2n) is 4.71. The van der Waals surface area contributed by atoms with E-state index in [0.717, 1.165) is 15.3 Å². The van der Waals surface area contributed by atoms with E-state index >= 15 is 0 Å². The summed E-state index contributed by atoms with van der Waals surface area (Å²) >= 11 is 1.52. The van der Waals surface area contributed by atoms with Gasteiger partial charge in [-0.25, -0.2) is 0 Å². The number of hydrogen-bond acceptors (Lipinski definition) is 3. The second-order valence-corrected chi connectivity index (χ2v) is 5.88. The Morgan fingerprint density at radius 2 is 2.05 bits per heavy atom. The van der Waals surface area contributed by atoms with E-state index in [4.69, 9.17) is 5.11 Å². The summed E-state index contributed by atoms with van der Waals surface area (Å²) in [4.78, 5) is 14.0. The number of aryl methyl sites for hydroxylation is 2. The van der Waals surface area contributed by atoms with Crippen molar-refractivity contribution >= 4 is 17.2 Å². The zero-order chi connectivity index (χ0) is 15.2. The molecule has 0 saturated carbocycles. The maximum atomic E-state index is 12.1. The van der Waals surface area contributed by atoms with Gasteiger partial charge in [0, 0.05) is 10.4 Å². The molecule has 0 aliphatic heterocycles. The van der Waals surface area contributed by atoms with Gasteiger partial charge in [-0.3, -0.25) is 4.79 Å². The number of aliphatic hydroxyl groups is 1. The molecule has 0 aliphatic carbocycles. The van der Waals surface area contributed by atoms with E-state index in [0.29, 0.717) is 12.1 Å². The third-order valence-corrected chi connectivity index (χ3v) is 4.15. The molecule has 2 aromatic rings. The van der Waals surface area contributed by atoms with E-state index in [1.54, 1.807) is 0 Å². The van der Waals surface area contributed by atoms with Gasteiger partial charge in [0.05, 0.1) is 11.4 Å². The van der Waals surface area contributed by atoms with Crippen LogP contribution in [0.5, 0.6) is 0 Å². The summed E-state index contributed by atoms with van der Waals surface area (Å²) in [7, 11) is 0. The van der Waals surface area contributed by atoms with Crippen LogP contribution >= 0.6 is 11.3 Å². The standard InChI is InChI=1S/C17H17NO2S/c1-12-5-6-14(10-13(12)2)17(20)18-11-16-8-7-15(21-16)4-3-9-19/h5-8,10,19H,9,11H2,1-2H3,(H,18,20). The lowest BCUT2D eigenvalue weighted by molar-refractivity contribution is 0.0951. The Hall–Kier alpha value is -2.09. The van der Waals surface area contributed by atoms with Gasteiger partial charge in [0.25, 0.3) is 5.91 Å². The molecular formula is C17H17NO2S. The smallest absolute Gasteiger partial charge is 0.251 e. The zero-order valence-electron chi connectivity index (χ0n) is 12.1. The molecule has 0 fully saturated rings. The molecule has 0 radical (unpaired) electrons. The Kier molecular flexibility index (Phi) is 5.15. The first-order valence-corrected chi connectivity index (χ1v) is 7.45. The first-order chi connectivity index (χ1) is 10.1. The normalized spacial score (nSPS) is 9.86. The Morgan fingerprint density at radius 1 is 1.24 bits per heavy atom. The van der Waals surface area contributed by atoms with Crippen LogP contribution in [0.4, 0.5) is 0 Å². The molecule has 1 heterocycles. The van der Waals surface area contributed by atoms with Crippen molar-refractivity contribution in [2.24, 2.45) is 0 Å². The van der Waals surface area contributed by atoms with Gasteiger partial charge in [-0.1, -0.05) is 17.9 Å². The fourth-order valence-corrected chi connectivity index (χ4v) is 2.64. The maximum absolute atomic E-state index is 12.1. The van der Waals surface area contributed by atoms with Crippen LogP contribution in [-0.2, 0) is 6.54 Å². The summed E-state index contributed by atoms with van der Waals surface area (Å²) < 4.78 is 0. The van der Waals surface area contributed by atoms with Crippen LogP contribution in [0.2, 0.25) is 0 Å². The molecule has 21 heavy (non-hydrogen) atoms. The van der Waals surface area contributed by atoms with Gasteiger partial charge in [-0.05, 0) is 49.2 Å². The quantitative estimate of drug-likeness (QED) is 0.856. The monoisotopic (exact) mass is 299 g/mol. The van der Waals surface area contributed by atoms with E-state index in [2.05, 4.69) is 17.2 Å². The molecule has 1 amide bonds. The largest absolute Gasteiger partial charge is 0.384 e. The molecule has 108 valence electrons. The second kappa shape index (κ2) is 7.07. The third kappa shape index (κ3) is 4.19. The molecule has 0 bridgehead atoms. The van der Waals surface area contributed by atoms with Crippen molar-refractivity contribution in [3.63, 3.8) is 0 Å². The number of hydrogen-bond donors (Lipinski definition) is 2. The lowest BCUT2D eigenvalue weighted by atomic mass is 10.1. The molecule has 0 spiro atoms. The van der Waals surface area contributed by atoms with Crippen LogP contribution in [0, 0.1) is 25.7 Å². The predicted molar refractivity (Wildman–Crippen MR) is 85.4 cm³/mol. The minimum absolute atomic E-state index is 0.0745. The molecule has 1 aromatic heterocycles. The number of thiophene rings is 1. The minimum Gasteiger partial charge on any atom is -0.384 e. The molecule has 0 aliphatic rings. The van der Waals surface area contributed by atoms with Crippen molar-refractivity contribution < 1.29 is 9.90 Å². The topological polar surface area (TPSA) is 49.3 Å². The van der Waals surface area contributed by atoms with Crippen LogP contribution in [-0.4, -0.2) is 17.6 Å². The average Bonchev–Trinajstić information content (AvgIpc) is 2.93. The fourth-order valence-electron chi connectivity index (χ4n) is 1.82. The number of carbonyl (C=O) groups excluding carboxylic acids is 1. The lowest BCUT2D eigenvalue weighted by Crippen LogP contribution is -2.22. The molecule has 0 atom stereocenters. The average molecular weight is 299 g/mol. The number of amides is 1. The Bertz CT molecular complexity index is 707. The fraction of sp³-hybridized carbons (Fsp3) is 0.235. The van der Waals surface area contributed by atoms with E-state index in [1.165, 1.54) is 16.9 Å². The highest BCUT2D eigenvalue weighted by molar-refractivity contribution is 7.12. The van der Waals surface area contributed by atoms with Crippen LogP contribution in [0.3, 0.4) is 0 Å². The van der Waals surface area contributed by atoms with Gasteiger partial charge in [-0.15, -0.1) is 11.3 Å². The van der Waals surface area contributed by atoms with Gasteiger partial charge >= 0.3 is 0 Å².